The minimum absolute atomic E-state index is 0.114. The summed E-state index contributed by atoms with van der Waals surface area (Å²) in [6.07, 6.45) is 3.29. The molecule has 4 aromatic rings. The number of aromatic nitrogens is 3. The summed E-state index contributed by atoms with van der Waals surface area (Å²) in [5, 5.41) is 3.52. The van der Waals surface area contributed by atoms with Gasteiger partial charge in [-0.2, -0.15) is 0 Å². The zero-order valence-corrected chi connectivity index (χ0v) is 17.7. The maximum absolute atomic E-state index is 13.1. The normalized spacial score (nSPS) is 11.1. The number of aryl methyl sites for hydroxylation is 3. The van der Waals surface area contributed by atoms with E-state index in [1.54, 1.807) is 23.7 Å². The number of carbonyl (C=O) groups is 1. The second-order valence-electron chi connectivity index (χ2n) is 7.40. The number of fused-ring (bicyclic) bond motifs is 1. The van der Waals surface area contributed by atoms with Crippen molar-refractivity contribution in [3.05, 3.63) is 81.5 Å². The van der Waals surface area contributed by atoms with Crippen LogP contribution in [-0.4, -0.2) is 20.0 Å². The van der Waals surface area contributed by atoms with Crippen LogP contribution in [-0.2, 0) is 18.4 Å². The van der Waals surface area contributed by atoms with Crippen molar-refractivity contribution in [2.45, 2.75) is 20.4 Å². The number of hydrogen-bond donors (Lipinski definition) is 1. The van der Waals surface area contributed by atoms with Crippen LogP contribution >= 0.6 is 11.6 Å². The lowest BCUT2D eigenvalue weighted by Gasteiger charge is -2.10. The first-order valence-corrected chi connectivity index (χ1v) is 9.89. The highest BCUT2D eigenvalue weighted by Crippen LogP contribution is 2.28. The van der Waals surface area contributed by atoms with E-state index < -0.39 is 0 Å². The Morgan fingerprint density at radius 2 is 1.87 bits per heavy atom. The predicted octanol–water partition coefficient (Wildman–Crippen LogP) is 4.31. The Morgan fingerprint density at radius 1 is 1.13 bits per heavy atom. The first-order chi connectivity index (χ1) is 14.3. The van der Waals surface area contributed by atoms with Crippen LogP contribution in [0.4, 0.5) is 5.69 Å². The van der Waals surface area contributed by atoms with Gasteiger partial charge in [0.25, 0.3) is 5.56 Å². The summed E-state index contributed by atoms with van der Waals surface area (Å²) in [6, 6.07) is 13.2. The molecule has 30 heavy (non-hydrogen) atoms. The lowest BCUT2D eigenvalue weighted by atomic mass is 10.1. The van der Waals surface area contributed by atoms with Crippen molar-refractivity contribution in [1.29, 1.82) is 0 Å². The molecule has 0 fully saturated rings. The number of carbonyl (C=O) groups excluding carboxylic acids is 1. The number of halogens is 1. The Labute approximate surface area is 178 Å². The quantitative estimate of drug-likeness (QED) is 0.534. The fraction of sp³-hybridized carbons (Fsp3) is 0.174. The Balaban J connectivity index is 1.66. The molecule has 7 heteroatoms. The summed E-state index contributed by atoms with van der Waals surface area (Å²) in [5.41, 5.74) is 5.29. The number of amides is 1. The number of anilines is 1. The molecule has 0 aliphatic carbocycles. The second-order valence-corrected chi connectivity index (χ2v) is 7.84. The average molecular weight is 421 g/mol. The molecule has 152 valence electrons. The van der Waals surface area contributed by atoms with Gasteiger partial charge in [0.2, 0.25) is 5.91 Å². The lowest BCUT2D eigenvalue weighted by Crippen LogP contribution is -2.28. The number of nitrogens with one attached hydrogen (secondary N) is 1. The molecule has 0 saturated heterocycles. The van der Waals surface area contributed by atoms with Gasteiger partial charge in [-0.25, -0.2) is 4.98 Å². The van der Waals surface area contributed by atoms with E-state index in [9.17, 15) is 9.59 Å². The third-order valence-corrected chi connectivity index (χ3v) is 5.33. The molecule has 2 heterocycles. The van der Waals surface area contributed by atoms with Crippen molar-refractivity contribution in [2.75, 3.05) is 5.32 Å². The molecule has 2 aromatic heterocycles. The summed E-state index contributed by atoms with van der Waals surface area (Å²) < 4.78 is 3.07. The van der Waals surface area contributed by atoms with Crippen molar-refractivity contribution in [2.24, 2.45) is 7.05 Å². The summed E-state index contributed by atoms with van der Waals surface area (Å²) in [5.74, 6) is -0.279. The zero-order chi connectivity index (χ0) is 21.4. The van der Waals surface area contributed by atoms with Crippen molar-refractivity contribution >= 4 is 34.2 Å². The molecule has 4 rings (SSSR count). The first-order valence-electron chi connectivity index (χ1n) is 9.51. The minimum atomic E-state index is -0.279. The number of nitrogens with zero attached hydrogens (tertiary/aromatic N) is 3. The van der Waals surface area contributed by atoms with Crippen molar-refractivity contribution in [3.8, 4) is 11.1 Å². The van der Waals surface area contributed by atoms with Crippen molar-refractivity contribution < 1.29 is 4.79 Å². The third kappa shape index (κ3) is 3.74. The van der Waals surface area contributed by atoms with Gasteiger partial charge in [-0.15, -0.1) is 0 Å². The molecule has 0 atom stereocenters. The summed E-state index contributed by atoms with van der Waals surface area (Å²) in [4.78, 5) is 30.1. The van der Waals surface area contributed by atoms with Gasteiger partial charge in [0.15, 0.2) is 0 Å². The summed E-state index contributed by atoms with van der Waals surface area (Å²) >= 11 is 5.98. The van der Waals surface area contributed by atoms with Gasteiger partial charge in [-0.3, -0.25) is 14.2 Å². The van der Waals surface area contributed by atoms with Gasteiger partial charge in [0, 0.05) is 29.5 Å². The average Bonchev–Trinajstić information content (AvgIpc) is 3.04. The molecule has 2 aromatic carbocycles. The first kappa shape index (κ1) is 19.9. The molecular weight excluding hydrogens is 400 g/mol. The van der Waals surface area contributed by atoms with Gasteiger partial charge in [-0.05, 0) is 48.7 Å². The lowest BCUT2D eigenvalue weighted by molar-refractivity contribution is -0.116. The molecule has 0 spiro atoms. The number of benzene rings is 2. The van der Waals surface area contributed by atoms with E-state index >= 15 is 0 Å². The molecule has 0 radical (unpaired) electrons. The van der Waals surface area contributed by atoms with Gasteiger partial charge in [0.05, 0.1) is 6.33 Å². The molecule has 1 amide bonds. The molecule has 0 unspecified atom stereocenters. The second kappa shape index (κ2) is 7.80. The Bertz CT molecular complexity index is 1320. The number of rotatable bonds is 4. The maximum atomic E-state index is 13.1. The van der Waals surface area contributed by atoms with Crippen LogP contribution in [0.25, 0.3) is 22.2 Å². The van der Waals surface area contributed by atoms with Crippen LogP contribution in [0, 0.1) is 13.8 Å². The van der Waals surface area contributed by atoms with Crippen LogP contribution in [0.15, 0.2) is 59.8 Å². The van der Waals surface area contributed by atoms with Gasteiger partial charge >= 0.3 is 0 Å². The largest absolute Gasteiger partial charge is 0.344 e. The van der Waals surface area contributed by atoms with Crippen LogP contribution in [0.3, 0.4) is 0 Å². The Morgan fingerprint density at radius 3 is 2.60 bits per heavy atom. The van der Waals surface area contributed by atoms with Crippen LogP contribution in [0.1, 0.15) is 11.1 Å². The maximum Gasteiger partial charge on any atom is 0.278 e. The highest BCUT2D eigenvalue weighted by atomic mass is 35.5. The molecule has 0 aliphatic heterocycles. The molecular formula is C23H21ClN4O2. The monoisotopic (exact) mass is 420 g/mol. The molecule has 6 nitrogen and oxygen atoms in total. The van der Waals surface area contributed by atoms with Gasteiger partial charge in [-0.1, -0.05) is 35.9 Å². The van der Waals surface area contributed by atoms with Gasteiger partial charge in [0.1, 0.15) is 17.6 Å². The van der Waals surface area contributed by atoms with Crippen LogP contribution in [0.2, 0.25) is 5.02 Å². The van der Waals surface area contributed by atoms with E-state index in [-0.39, 0.29) is 18.0 Å². The summed E-state index contributed by atoms with van der Waals surface area (Å²) in [6.45, 7) is 3.78. The topological polar surface area (TPSA) is 68.9 Å². The zero-order valence-electron chi connectivity index (χ0n) is 16.9. The summed E-state index contributed by atoms with van der Waals surface area (Å²) in [7, 11) is 1.80. The van der Waals surface area contributed by atoms with Crippen LogP contribution in [0.5, 0.6) is 0 Å². The van der Waals surface area contributed by atoms with E-state index in [0.717, 1.165) is 27.9 Å². The number of hydrogen-bond acceptors (Lipinski definition) is 3. The highest BCUT2D eigenvalue weighted by Gasteiger charge is 2.16. The van der Waals surface area contributed by atoms with Crippen molar-refractivity contribution in [1.82, 2.24) is 14.1 Å². The Kier molecular flexibility index (Phi) is 5.18. The van der Waals surface area contributed by atoms with E-state index in [2.05, 4.69) is 10.3 Å². The molecule has 0 saturated carbocycles. The standard InChI is InChI=1S/C23H21ClN4O2/c1-14-4-5-15(2)19(10-14)26-20(29)12-28-13-25-21-18(11-27(3)22(21)23(28)30)16-6-8-17(24)9-7-16/h4-11,13H,12H2,1-3H3,(H,26,29). The van der Waals surface area contributed by atoms with E-state index in [0.29, 0.717) is 16.1 Å². The Hall–Kier alpha value is -3.38. The predicted molar refractivity (Wildman–Crippen MR) is 120 cm³/mol. The fourth-order valence-corrected chi connectivity index (χ4v) is 3.61. The molecule has 0 bridgehead atoms. The smallest absolute Gasteiger partial charge is 0.278 e. The fourth-order valence-electron chi connectivity index (χ4n) is 3.48. The third-order valence-electron chi connectivity index (χ3n) is 5.08. The van der Waals surface area contributed by atoms with Crippen molar-refractivity contribution in [3.63, 3.8) is 0 Å². The van der Waals surface area contributed by atoms with E-state index in [1.165, 1.54) is 10.9 Å². The van der Waals surface area contributed by atoms with E-state index in [1.807, 2.05) is 50.4 Å². The minimum Gasteiger partial charge on any atom is -0.344 e. The highest BCUT2D eigenvalue weighted by molar-refractivity contribution is 6.30. The van der Waals surface area contributed by atoms with E-state index in [4.69, 9.17) is 11.6 Å². The van der Waals surface area contributed by atoms with Gasteiger partial charge < -0.3 is 9.88 Å². The molecule has 0 aliphatic rings. The molecule has 1 N–H and O–H groups in total. The van der Waals surface area contributed by atoms with Crippen LogP contribution < -0.4 is 10.9 Å². The SMILES string of the molecule is Cc1ccc(C)c(NC(=O)Cn2cnc3c(-c4ccc(Cl)cc4)cn(C)c3c2=O)c1.